The smallest absolute Gasteiger partial charge is 0.317 e. The first-order chi connectivity index (χ1) is 11.7. The molecule has 0 bridgehead atoms. The minimum Gasteiger partial charge on any atom is -0.334 e. The van der Waals surface area contributed by atoms with Crippen LogP contribution < -0.4 is 5.32 Å². The topological polar surface area (TPSA) is 63.1 Å². The number of nitrogens with zero attached hydrogens (tertiary/aromatic N) is 4. The first-order valence-corrected chi connectivity index (χ1v) is 7.69. The highest BCUT2D eigenvalue weighted by molar-refractivity contribution is 5.73. The summed E-state index contributed by atoms with van der Waals surface area (Å²) in [7, 11) is 1.77. The third-order valence-corrected chi connectivity index (χ3v) is 3.62. The summed E-state index contributed by atoms with van der Waals surface area (Å²) in [5.74, 6) is 0. The maximum absolute atomic E-state index is 12.2. The van der Waals surface area contributed by atoms with Crippen LogP contribution in [0.2, 0.25) is 0 Å². The number of pyridine rings is 1. The lowest BCUT2D eigenvalue weighted by Gasteiger charge is -2.17. The van der Waals surface area contributed by atoms with Crippen molar-refractivity contribution in [3.8, 4) is 5.69 Å². The molecule has 0 radical (unpaired) electrons. The van der Waals surface area contributed by atoms with Gasteiger partial charge in [0, 0.05) is 37.7 Å². The second-order valence-corrected chi connectivity index (χ2v) is 5.50. The van der Waals surface area contributed by atoms with Crippen LogP contribution in [0.15, 0.2) is 67.3 Å². The molecule has 0 saturated carbocycles. The fourth-order valence-corrected chi connectivity index (χ4v) is 2.32. The van der Waals surface area contributed by atoms with Gasteiger partial charge in [0.25, 0.3) is 0 Å². The molecule has 2 amide bonds. The van der Waals surface area contributed by atoms with Crippen molar-refractivity contribution in [3.63, 3.8) is 0 Å². The van der Waals surface area contributed by atoms with Gasteiger partial charge in [0.15, 0.2) is 0 Å². The van der Waals surface area contributed by atoms with Crippen LogP contribution in [0.3, 0.4) is 0 Å². The fraction of sp³-hybridized carbons (Fsp3) is 0.167. The average Bonchev–Trinajstić information content (AvgIpc) is 3.10. The van der Waals surface area contributed by atoms with Crippen LogP contribution >= 0.6 is 0 Å². The van der Waals surface area contributed by atoms with Crippen molar-refractivity contribution >= 4 is 6.03 Å². The van der Waals surface area contributed by atoms with Crippen LogP contribution in [0.4, 0.5) is 4.79 Å². The van der Waals surface area contributed by atoms with Gasteiger partial charge in [-0.3, -0.25) is 4.98 Å². The molecule has 0 saturated heterocycles. The number of amides is 2. The molecule has 0 unspecified atom stereocenters. The number of para-hydroxylation sites is 1. The maximum Gasteiger partial charge on any atom is 0.317 e. The van der Waals surface area contributed by atoms with Gasteiger partial charge in [-0.05, 0) is 29.8 Å². The van der Waals surface area contributed by atoms with Gasteiger partial charge >= 0.3 is 6.03 Å². The van der Waals surface area contributed by atoms with Crippen molar-refractivity contribution in [2.75, 3.05) is 7.05 Å². The molecule has 0 spiro atoms. The predicted octanol–water partition coefficient (Wildman–Crippen LogP) is 2.61. The number of hydrogen-bond acceptors (Lipinski definition) is 3. The van der Waals surface area contributed by atoms with Crippen molar-refractivity contribution in [2.24, 2.45) is 0 Å². The van der Waals surface area contributed by atoms with Crippen LogP contribution in [0.25, 0.3) is 5.69 Å². The number of benzene rings is 1. The Kier molecular flexibility index (Phi) is 4.86. The molecule has 3 rings (SSSR count). The van der Waals surface area contributed by atoms with E-state index in [1.807, 2.05) is 48.7 Å². The largest absolute Gasteiger partial charge is 0.334 e. The van der Waals surface area contributed by atoms with E-state index in [9.17, 15) is 4.79 Å². The molecule has 1 N–H and O–H groups in total. The lowest BCUT2D eigenvalue weighted by Crippen LogP contribution is -2.36. The Balaban J connectivity index is 1.55. The predicted molar refractivity (Wildman–Crippen MR) is 91.5 cm³/mol. The molecule has 0 aliphatic carbocycles. The normalized spacial score (nSPS) is 10.4. The van der Waals surface area contributed by atoms with Crippen molar-refractivity contribution in [1.29, 1.82) is 0 Å². The first-order valence-electron chi connectivity index (χ1n) is 7.69. The molecule has 2 aromatic heterocycles. The fourth-order valence-electron chi connectivity index (χ4n) is 2.32. The SMILES string of the molecule is CN(Cc1cnn(-c2ccccc2)c1)C(=O)NCc1ccncc1. The van der Waals surface area contributed by atoms with E-state index >= 15 is 0 Å². The van der Waals surface area contributed by atoms with E-state index in [1.165, 1.54) is 0 Å². The van der Waals surface area contributed by atoms with E-state index < -0.39 is 0 Å². The number of urea groups is 1. The zero-order chi connectivity index (χ0) is 16.8. The van der Waals surface area contributed by atoms with Crippen molar-refractivity contribution in [2.45, 2.75) is 13.1 Å². The molecule has 0 aliphatic heterocycles. The second-order valence-electron chi connectivity index (χ2n) is 5.50. The van der Waals surface area contributed by atoms with Crippen molar-refractivity contribution < 1.29 is 4.79 Å². The standard InChI is InChI=1S/C18H19N5O/c1-22(18(24)20-11-15-7-9-19-10-8-15)13-16-12-21-23(14-16)17-5-3-2-4-6-17/h2-10,12,14H,11,13H2,1H3,(H,20,24). The summed E-state index contributed by atoms with van der Waals surface area (Å²) < 4.78 is 1.80. The van der Waals surface area contributed by atoms with Gasteiger partial charge in [-0.2, -0.15) is 5.10 Å². The van der Waals surface area contributed by atoms with Gasteiger partial charge in [-0.15, -0.1) is 0 Å². The molecule has 122 valence electrons. The number of rotatable bonds is 5. The minimum absolute atomic E-state index is 0.126. The molecule has 6 heteroatoms. The molecule has 2 heterocycles. The lowest BCUT2D eigenvalue weighted by molar-refractivity contribution is 0.206. The molecular formula is C18H19N5O. The molecule has 3 aromatic rings. The maximum atomic E-state index is 12.2. The molecule has 24 heavy (non-hydrogen) atoms. The van der Waals surface area contributed by atoms with Crippen LogP contribution in [-0.2, 0) is 13.1 Å². The summed E-state index contributed by atoms with van der Waals surface area (Å²) in [6.45, 7) is 0.976. The number of nitrogens with one attached hydrogen (secondary N) is 1. The van der Waals surface area contributed by atoms with Gasteiger partial charge in [0.2, 0.25) is 0 Å². The van der Waals surface area contributed by atoms with Gasteiger partial charge in [-0.25, -0.2) is 9.48 Å². The molecule has 0 aliphatic rings. The molecule has 0 fully saturated rings. The lowest BCUT2D eigenvalue weighted by atomic mass is 10.3. The van der Waals surface area contributed by atoms with E-state index in [-0.39, 0.29) is 6.03 Å². The van der Waals surface area contributed by atoms with Crippen molar-refractivity contribution in [3.05, 3.63) is 78.4 Å². The van der Waals surface area contributed by atoms with E-state index in [0.717, 1.165) is 16.8 Å². The Labute approximate surface area is 140 Å². The summed E-state index contributed by atoms with van der Waals surface area (Å²) in [6.07, 6.45) is 7.13. The van der Waals surface area contributed by atoms with Gasteiger partial charge in [0.1, 0.15) is 0 Å². The van der Waals surface area contributed by atoms with E-state index in [0.29, 0.717) is 13.1 Å². The number of hydrogen-bond donors (Lipinski definition) is 1. The van der Waals surface area contributed by atoms with Gasteiger partial charge in [0.05, 0.1) is 18.4 Å². The highest BCUT2D eigenvalue weighted by atomic mass is 16.2. The zero-order valence-electron chi connectivity index (χ0n) is 13.5. The summed E-state index contributed by atoms with van der Waals surface area (Å²) in [4.78, 5) is 17.8. The Morgan fingerprint density at radius 3 is 2.62 bits per heavy atom. The van der Waals surface area contributed by atoms with Crippen LogP contribution in [0.1, 0.15) is 11.1 Å². The van der Waals surface area contributed by atoms with Gasteiger partial charge in [-0.1, -0.05) is 18.2 Å². The third-order valence-electron chi connectivity index (χ3n) is 3.62. The highest BCUT2D eigenvalue weighted by Gasteiger charge is 2.10. The first kappa shape index (κ1) is 15.7. The minimum atomic E-state index is -0.126. The molecule has 1 aromatic carbocycles. The quantitative estimate of drug-likeness (QED) is 0.786. The second kappa shape index (κ2) is 7.41. The Bertz CT molecular complexity index is 785. The third kappa shape index (κ3) is 3.98. The molecule has 0 atom stereocenters. The Hall–Kier alpha value is -3.15. The highest BCUT2D eigenvalue weighted by Crippen LogP contribution is 2.09. The molecule has 6 nitrogen and oxygen atoms in total. The summed E-state index contributed by atoms with van der Waals surface area (Å²) in [5, 5.41) is 7.23. The van der Waals surface area contributed by atoms with E-state index in [2.05, 4.69) is 15.4 Å². The number of carbonyl (C=O) groups excluding carboxylic acids is 1. The summed E-state index contributed by atoms with van der Waals surface area (Å²) >= 11 is 0. The van der Waals surface area contributed by atoms with E-state index in [1.54, 1.807) is 35.2 Å². The van der Waals surface area contributed by atoms with Crippen molar-refractivity contribution in [1.82, 2.24) is 25.0 Å². The number of aromatic nitrogens is 3. The average molecular weight is 321 g/mol. The van der Waals surface area contributed by atoms with Gasteiger partial charge < -0.3 is 10.2 Å². The van der Waals surface area contributed by atoms with Crippen LogP contribution in [0.5, 0.6) is 0 Å². The zero-order valence-corrected chi connectivity index (χ0v) is 13.5. The Morgan fingerprint density at radius 2 is 1.88 bits per heavy atom. The monoisotopic (exact) mass is 321 g/mol. The summed E-state index contributed by atoms with van der Waals surface area (Å²) in [6, 6.07) is 13.5. The Morgan fingerprint density at radius 1 is 1.12 bits per heavy atom. The summed E-state index contributed by atoms with van der Waals surface area (Å²) in [5.41, 5.74) is 2.98. The molecular weight excluding hydrogens is 302 g/mol. The van der Waals surface area contributed by atoms with Crippen LogP contribution in [-0.4, -0.2) is 32.7 Å². The van der Waals surface area contributed by atoms with E-state index in [4.69, 9.17) is 0 Å². The van der Waals surface area contributed by atoms with Crippen LogP contribution in [0, 0.1) is 0 Å². The number of carbonyl (C=O) groups is 1.